The Bertz CT molecular complexity index is 393. The first kappa shape index (κ1) is 15.2. The summed E-state index contributed by atoms with van der Waals surface area (Å²) < 4.78 is 1.88. The molecule has 0 spiro atoms. The largest absolute Gasteiger partial charge is 0.388 e. The van der Waals surface area contributed by atoms with E-state index in [0.29, 0.717) is 11.6 Å². The molecule has 1 heterocycles. The number of aromatic nitrogens is 3. The molecule has 1 aromatic heterocycles. The molecule has 0 fully saturated rings. The second-order valence-corrected chi connectivity index (χ2v) is 5.22. The van der Waals surface area contributed by atoms with Gasteiger partial charge in [-0.2, -0.15) is 0 Å². The van der Waals surface area contributed by atoms with Gasteiger partial charge in [-0.15, -0.1) is 10.2 Å². The van der Waals surface area contributed by atoms with Crippen molar-refractivity contribution in [1.29, 1.82) is 0 Å². The van der Waals surface area contributed by atoms with Crippen molar-refractivity contribution in [1.82, 2.24) is 14.8 Å². The number of aliphatic hydroxyl groups is 1. The highest BCUT2D eigenvalue weighted by Crippen LogP contribution is 2.19. The van der Waals surface area contributed by atoms with Gasteiger partial charge in [-0.05, 0) is 12.8 Å². The van der Waals surface area contributed by atoms with E-state index in [-0.39, 0.29) is 18.3 Å². The highest BCUT2D eigenvalue weighted by Gasteiger charge is 2.15. The van der Waals surface area contributed by atoms with Gasteiger partial charge in [0.05, 0.1) is 5.75 Å². The van der Waals surface area contributed by atoms with Crippen molar-refractivity contribution in [3.05, 3.63) is 5.82 Å². The maximum absolute atomic E-state index is 11.8. The van der Waals surface area contributed by atoms with E-state index in [0.717, 1.165) is 24.5 Å². The van der Waals surface area contributed by atoms with Gasteiger partial charge in [-0.3, -0.25) is 4.79 Å². The Morgan fingerprint density at radius 2 is 2.17 bits per heavy atom. The van der Waals surface area contributed by atoms with Crippen LogP contribution < -0.4 is 0 Å². The van der Waals surface area contributed by atoms with Crippen molar-refractivity contribution in [3.8, 4) is 0 Å². The van der Waals surface area contributed by atoms with E-state index in [2.05, 4.69) is 17.1 Å². The van der Waals surface area contributed by atoms with Crippen molar-refractivity contribution < 1.29 is 9.90 Å². The quantitative estimate of drug-likeness (QED) is 0.731. The minimum absolute atomic E-state index is 0.0948. The van der Waals surface area contributed by atoms with Crippen LogP contribution in [0, 0.1) is 5.92 Å². The maximum atomic E-state index is 11.8. The monoisotopic (exact) mass is 271 g/mol. The molecule has 0 aliphatic rings. The average molecular weight is 271 g/mol. The van der Waals surface area contributed by atoms with Crippen LogP contribution >= 0.6 is 11.8 Å². The van der Waals surface area contributed by atoms with Crippen molar-refractivity contribution >= 4 is 17.5 Å². The van der Waals surface area contributed by atoms with Gasteiger partial charge in [0.2, 0.25) is 0 Å². The van der Waals surface area contributed by atoms with Gasteiger partial charge < -0.3 is 9.67 Å². The normalized spacial score (nSPS) is 12.7. The van der Waals surface area contributed by atoms with Crippen LogP contribution in [-0.4, -0.2) is 31.4 Å². The molecule has 6 heteroatoms. The van der Waals surface area contributed by atoms with Gasteiger partial charge in [0.1, 0.15) is 12.4 Å². The number of carbonyl (C=O) groups excluding carboxylic acids is 1. The van der Waals surface area contributed by atoms with E-state index >= 15 is 0 Å². The molecule has 0 bridgehead atoms. The molecular formula is C12H21N3O2S. The first-order chi connectivity index (χ1) is 8.63. The smallest absolute Gasteiger partial charge is 0.191 e. The van der Waals surface area contributed by atoms with Crippen molar-refractivity contribution in [2.45, 2.75) is 51.9 Å². The lowest BCUT2D eigenvalue weighted by Gasteiger charge is -2.08. The molecule has 5 nitrogen and oxygen atoms in total. The van der Waals surface area contributed by atoms with Crippen LogP contribution in [0.3, 0.4) is 0 Å². The Kier molecular flexibility index (Phi) is 6.35. The lowest BCUT2D eigenvalue weighted by atomic mass is 10.1. The molecule has 0 aromatic carbocycles. The number of aliphatic hydroxyl groups excluding tert-OH is 1. The van der Waals surface area contributed by atoms with Gasteiger partial charge in [0.25, 0.3) is 0 Å². The lowest BCUT2D eigenvalue weighted by molar-refractivity contribution is -0.119. The molecule has 1 rings (SSSR count). The standard InChI is InChI=1S/C12H21N3O2S/c1-4-6-15-11(7-16)13-14-12(15)18-8-10(17)9(3)5-2/h9,16H,4-8H2,1-3H3. The predicted molar refractivity (Wildman–Crippen MR) is 71.4 cm³/mol. The third-order valence-electron chi connectivity index (χ3n) is 2.89. The number of hydrogen-bond acceptors (Lipinski definition) is 5. The zero-order chi connectivity index (χ0) is 13.5. The van der Waals surface area contributed by atoms with Crippen LogP contribution in [0.2, 0.25) is 0 Å². The van der Waals surface area contributed by atoms with E-state index in [1.807, 2.05) is 18.4 Å². The number of nitrogens with zero attached hydrogens (tertiary/aromatic N) is 3. The third kappa shape index (κ3) is 3.81. The maximum Gasteiger partial charge on any atom is 0.191 e. The van der Waals surface area contributed by atoms with E-state index in [4.69, 9.17) is 5.11 Å². The molecule has 0 amide bonds. The van der Waals surface area contributed by atoms with Crippen LogP contribution in [-0.2, 0) is 17.9 Å². The lowest BCUT2D eigenvalue weighted by Crippen LogP contribution is -2.13. The SMILES string of the molecule is CCCn1c(CO)nnc1SCC(=O)C(C)CC. The second kappa shape index (κ2) is 7.53. The van der Waals surface area contributed by atoms with Gasteiger partial charge in [-0.25, -0.2) is 0 Å². The van der Waals surface area contributed by atoms with Crippen LogP contribution in [0.5, 0.6) is 0 Å². The van der Waals surface area contributed by atoms with Gasteiger partial charge in [-0.1, -0.05) is 32.5 Å². The Labute approximate surface area is 112 Å². The van der Waals surface area contributed by atoms with E-state index in [1.165, 1.54) is 11.8 Å². The summed E-state index contributed by atoms with van der Waals surface area (Å²) in [6.45, 7) is 6.66. The fourth-order valence-electron chi connectivity index (χ4n) is 1.50. The highest BCUT2D eigenvalue weighted by atomic mass is 32.2. The van der Waals surface area contributed by atoms with Crippen molar-refractivity contribution in [3.63, 3.8) is 0 Å². The summed E-state index contributed by atoms with van der Waals surface area (Å²) in [5.74, 6) is 1.31. The molecule has 1 N–H and O–H groups in total. The molecular weight excluding hydrogens is 250 g/mol. The summed E-state index contributed by atoms with van der Waals surface area (Å²) in [7, 11) is 0. The zero-order valence-electron chi connectivity index (χ0n) is 11.2. The Morgan fingerprint density at radius 3 is 2.72 bits per heavy atom. The summed E-state index contributed by atoms with van der Waals surface area (Å²) >= 11 is 1.40. The molecule has 1 unspecified atom stereocenters. The first-order valence-corrected chi connectivity index (χ1v) is 7.30. The Morgan fingerprint density at radius 1 is 1.44 bits per heavy atom. The summed E-state index contributed by atoms with van der Waals surface area (Å²) in [6, 6.07) is 0. The third-order valence-corrected chi connectivity index (χ3v) is 3.88. The fourth-order valence-corrected chi connectivity index (χ4v) is 2.50. The fraction of sp³-hybridized carbons (Fsp3) is 0.750. The van der Waals surface area contributed by atoms with Crippen molar-refractivity contribution in [2.75, 3.05) is 5.75 Å². The van der Waals surface area contributed by atoms with Gasteiger partial charge in [0, 0.05) is 12.5 Å². The molecule has 102 valence electrons. The zero-order valence-corrected chi connectivity index (χ0v) is 12.0. The van der Waals surface area contributed by atoms with E-state index in [9.17, 15) is 4.79 Å². The summed E-state index contributed by atoms with van der Waals surface area (Å²) in [6.07, 6.45) is 1.81. The molecule has 0 radical (unpaired) electrons. The first-order valence-electron chi connectivity index (χ1n) is 6.32. The number of thioether (sulfide) groups is 1. The van der Waals surface area contributed by atoms with Gasteiger partial charge in [0.15, 0.2) is 11.0 Å². The molecule has 0 saturated carbocycles. The number of hydrogen-bond donors (Lipinski definition) is 1. The van der Waals surface area contributed by atoms with Crippen LogP contribution in [0.25, 0.3) is 0 Å². The van der Waals surface area contributed by atoms with Crippen LogP contribution in [0.15, 0.2) is 5.16 Å². The summed E-state index contributed by atoms with van der Waals surface area (Å²) in [5.41, 5.74) is 0. The minimum Gasteiger partial charge on any atom is -0.388 e. The molecule has 0 saturated heterocycles. The molecule has 0 aliphatic heterocycles. The number of carbonyl (C=O) groups is 1. The molecule has 18 heavy (non-hydrogen) atoms. The molecule has 1 atom stereocenters. The molecule has 0 aliphatic carbocycles. The van der Waals surface area contributed by atoms with E-state index in [1.54, 1.807) is 0 Å². The highest BCUT2D eigenvalue weighted by molar-refractivity contribution is 7.99. The minimum atomic E-state index is -0.118. The van der Waals surface area contributed by atoms with E-state index < -0.39 is 0 Å². The predicted octanol–water partition coefficient (Wildman–Crippen LogP) is 1.89. The Hall–Kier alpha value is -0.880. The number of Topliss-reactive ketones (excluding diaryl/α,β-unsaturated/α-hetero) is 1. The summed E-state index contributed by atoms with van der Waals surface area (Å²) in [4.78, 5) is 11.8. The summed E-state index contributed by atoms with van der Waals surface area (Å²) in [5, 5.41) is 17.8. The topological polar surface area (TPSA) is 68.0 Å². The average Bonchev–Trinajstić information content (AvgIpc) is 2.77. The van der Waals surface area contributed by atoms with Crippen LogP contribution in [0.1, 0.15) is 39.4 Å². The number of ketones is 1. The second-order valence-electron chi connectivity index (χ2n) is 4.27. The number of rotatable bonds is 8. The van der Waals surface area contributed by atoms with Crippen LogP contribution in [0.4, 0.5) is 0 Å². The van der Waals surface area contributed by atoms with Crippen molar-refractivity contribution in [2.24, 2.45) is 5.92 Å². The van der Waals surface area contributed by atoms with Gasteiger partial charge >= 0.3 is 0 Å². The molecule has 1 aromatic rings. The Balaban J connectivity index is 2.67.